The Bertz CT molecular complexity index is 550. The summed E-state index contributed by atoms with van der Waals surface area (Å²) in [6.45, 7) is 7.17. The van der Waals surface area contributed by atoms with Crippen molar-refractivity contribution in [1.29, 1.82) is 0 Å². The number of nitrogens with zero attached hydrogens (tertiary/aromatic N) is 2. The van der Waals surface area contributed by atoms with Crippen LogP contribution in [0.25, 0.3) is 0 Å². The molecule has 0 aliphatic carbocycles. The van der Waals surface area contributed by atoms with Crippen molar-refractivity contribution in [3.8, 4) is 0 Å². The van der Waals surface area contributed by atoms with E-state index in [0.717, 1.165) is 17.7 Å². The van der Waals surface area contributed by atoms with Gasteiger partial charge in [-0.3, -0.25) is 9.59 Å². The molecule has 0 saturated carbocycles. The predicted molar refractivity (Wildman–Crippen MR) is 85.3 cm³/mol. The second kappa shape index (κ2) is 6.38. The van der Waals surface area contributed by atoms with E-state index in [-0.39, 0.29) is 17.9 Å². The van der Waals surface area contributed by atoms with Crippen molar-refractivity contribution in [2.24, 2.45) is 0 Å². The van der Waals surface area contributed by atoms with Gasteiger partial charge in [-0.25, -0.2) is 0 Å². The molecule has 2 aliphatic heterocycles. The van der Waals surface area contributed by atoms with Gasteiger partial charge in [-0.1, -0.05) is 0 Å². The van der Waals surface area contributed by atoms with Crippen LogP contribution < -0.4 is 0 Å². The summed E-state index contributed by atoms with van der Waals surface area (Å²) >= 11 is 1.55. The van der Waals surface area contributed by atoms with Crippen LogP contribution in [0.2, 0.25) is 0 Å². The zero-order chi connectivity index (χ0) is 15.7. The molecule has 2 fully saturated rings. The smallest absolute Gasteiger partial charge is 0.264 e. The van der Waals surface area contributed by atoms with Crippen LogP contribution >= 0.6 is 11.3 Å². The topological polar surface area (TPSA) is 49.9 Å². The van der Waals surface area contributed by atoms with Crippen molar-refractivity contribution in [3.05, 3.63) is 21.4 Å². The first-order valence-electron chi connectivity index (χ1n) is 7.83. The molecule has 120 valence electrons. The van der Waals surface area contributed by atoms with Gasteiger partial charge in [-0.15, -0.1) is 11.3 Å². The average molecular weight is 322 g/mol. The molecule has 0 N–H and O–H groups in total. The lowest BCUT2D eigenvalue weighted by Crippen LogP contribution is -2.52. The van der Waals surface area contributed by atoms with Crippen LogP contribution in [0.1, 0.15) is 33.0 Å². The Morgan fingerprint density at radius 3 is 2.41 bits per heavy atom. The highest BCUT2D eigenvalue weighted by atomic mass is 32.1. The second-order valence-corrected chi connectivity index (χ2v) is 7.23. The number of carbonyl (C=O) groups excluding carboxylic acids is 2. The third-order valence-corrected chi connectivity index (χ3v) is 5.60. The second-order valence-electron chi connectivity index (χ2n) is 5.97. The van der Waals surface area contributed by atoms with Gasteiger partial charge < -0.3 is 14.5 Å². The van der Waals surface area contributed by atoms with E-state index >= 15 is 0 Å². The minimum atomic E-state index is -0.259. The summed E-state index contributed by atoms with van der Waals surface area (Å²) in [6, 6.07) is 1.96. The quantitative estimate of drug-likeness (QED) is 0.835. The normalized spacial score (nSPS) is 22.2. The van der Waals surface area contributed by atoms with Gasteiger partial charge in [-0.2, -0.15) is 0 Å². The Labute approximate surface area is 134 Å². The van der Waals surface area contributed by atoms with Gasteiger partial charge in [0.2, 0.25) is 0 Å². The van der Waals surface area contributed by atoms with Crippen LogP contribution in [-0.2, 0) is 9.53 Å². The van der Waals surface area contributed by atoms with Gasteiger partial charge in [0.15, 0.2) is 0 Å². The number of carbonyl (C=O) groups is 2. The SMILES string of the molecule is Cc1cc(C(=O)N2CCN(C(=O)C3CCCO3)CC2)sc1C. The van der Waals surface area contributed by atoms with Crippen LogP contribution in [0.3, 0.4) is 0 Å². The molecule has 0 bridgehead atoms. The number of aryl methyl sites for hydroxylation is 2. The lowest BCUT2D eigenvalue weighted by molar-refractivity contribution is -0.142. The highest BCUT2D eigenvalue weighted by Gasteiger charge is 2.31. The standard InChI is InChI=1S/C16H22N2O3S/c1-11-10-14(22-12(11)2)16(20)18-7-5-17(6-8-18)15(19)13-4-3-9-21-13/h10,13H,3-9H2,1-2H3. The molecular formula is C16H22N2O3S. The number of ether oxygens (including phenoxy) is 1. The first-order valence-corrected chi connectivity index (χ1v) is 8.64. The molecule has 3 heterocycles. The Hall–Kier alpha value is -1.40. The maximum atomic E-state index is 12.5. The van der Waals surface area contributed by atoms with E-state index in [1.54, 1.807) is 11.3 Å². The summed E-state index contributed by atoms with van der Waals surface area (Å²) in [5.74, 6) is 0.179. The summed E-state index contributed by atoms with van der Waals surface area (Å²) in [6.07, 6.45) is 1.53. The van der Waals surface area contributed by atoms with Gasteiger partial charge >= 0.3 is 0 Å². The van der Waals surface area contributed by atoms with Gasteiger partial charge in [0.1, 0.15) is 6.10 Å². The third-order valence-electron chi connectivity index (χ3n) is 4.46. The van der Waals surface area contributed by atoms with Crippen molar-refractivity contribution in [2.45, 2.75) is 32.8 Å². The lowest BCUT2D eigenvalue weighted by Gasteiger charge is -2.35. The van der Waals surface area contributed by atoms with Crippen molar-refractivity contribution in [3.63, 3.8) is 0 Å². The summed E-state index contributed by atoms with van der Waals surface area (Å²) in [7, 11) is 0. The van der Waals surface area contributed by atoms with Crippen LogP contribution in [0.5, 0.6) is 0 Å². The van der Waals surface area contributed by atoms with Gasteiger partial charge in [-0.05, 0) is 38.3 Å². The van der Waals surface area contributed by atoms with Crippen molar-refractivity contribution in [2.75, 3.05) is 32.8 Å². The molecule has 0 radical (unpaired) electrons. The Balaban J connectivity index is 1.57. The van der Waals surface area contributed by atoms with Gasteiger partial charge in [0.05, 0.1) is 4.88 Å². The minimum absolute atomic E-state index is 0.0883. The van der Waals surface area contributed by atoms with Gasteiger partial charge in [0.25, 0.3) is 11.8 Å². The highest BCUT2D eigenvalue weighted by molar-refractivity contribution is 7.14. The first-order chi connectivity index (χ1) is 10.6. The molecule has 1 unspecified atom stereocenters. The zero-order valence-electron chi connectivity index (χ0n) is 13.1. The first kappa shape index (κ1) is 15.5. The molecule has 0 aromatic carbocycles. The third kappa shape index (κ3) is 3.03. The summed E-state index contributed by atoms with van der Waals surface area (Å²) < 4.78 is 5.46. The molecule has 2 aliphatic rings. The van der Waals surface area contributed by atoms with Crippen molar-refractivity contribution in [1.82, 2.24) is 9.80 Å². The van der Waals surface area contributed by atoms with Crippen molar-refractivity contribution >= 4 is 23.2 Å². The Morgan fingerprint density at radius 1 is 1.18 bits per heavy atom. The van der Waals surface area contributed by atoms with Crippen LogP contribution in [0.4, 0.5) is 0 Å². The van der Waals surface area contributed by atoms with Crippen LogP contribution in [0, 0.1) is 13.8 Å². The molecule has 0 spiro atoms. The number of hydrogen-bond acceptors (Lipinski definition) is 4. The average Bonchev–Trinajstić information content (AvgIpc) is 3.17. The Morgan fingerprint density at radius 2 is 1.86 bits per heavy atom. The van der Waals surface area contributed by atoms with E-state index in [2.05, 4.69) is 0 Å². The monoisotopic (exact) mass is 322 g/mol. The number of rotatable bonds is 2. The number of hydrogen-bond donors (Lipinski definition) is 0. The molecule has 6 heteroatoms. The Kier molecular flexibility index (Phi) is 4.49. The van der Waals surface area contributed by atoms with E-state index in [9.17, 15) is 9.59 Å². The van der Waals surface area contributed by atoms with Gasteiger partial charge in [0, 0.05) is 37.7 Å². The fourth-order valence-electron chi connectivity index (χ4n) is 2.94. The molecule has 22 heavy (non-hydrogen) atoms. The molecule has 5 nitrogen and oxygen atoms in total. The fourth-order valence-corrected chi connectivity index (χ4v) is 3.94. The van der Waals surface area contributed by atoms with Crippen LogP contribution in [0.15, 0.2) is 6.07 Å². The van der Waals surface area contributed by atoms with Crippen molar-refractivity contribution < 1.29 is 14.3 Å². The molecule has 1 aromatic rings. The molecule has 3 rings (SSSR count). The molecule has 2 amide bonds. The summed E-state index contributed by atoms with van der Waals surface area (Å²) in [5.41, 5.74) is 1.17. The summed E-state index contributed by atoms with van der Waals surface area (Å²) in [5, 5.41) is 0. The summed E-state index contributed by atoms with van der Waals surface area (Å²) in [4.78, 5) is 30.5. The van der Waals surface area contributed by atoms with E-state index in [4.69, 9.17) is 4.74 Å². The maximum absolute atomic E-state index is 12.5. The van der Waals surface area contributed by atoms with E-state index < -0.39 is 0 Å². The number of thiophene rings is 1. The minimum Gasteiger partial charge on any atom is -0.368 e. The fraction of sp³-hybridized carbons (Fsp3) is 0.625. The van der Waals surface area contributed by atoms with E-state index in [1.807, 2.05) is 29.7 Å². The largest absolute Gasteiger partial charge is 0.368 e. The molecule has 2 saturated heterocycles. The molecular weight excluding hydrogens is 300 g/mol. The number of piperazine rings is 1. The molecule has 1 atom stereocenters. The van der Waals surface area contributed by atoms with Crippen LogP contribution in [-0.4, -0.2) is 60.5 Å². The number of amides is 2. The maximum Gasteiger partial charge on any atom is 0.264 e. The van der Waals surface area contributed by atoms with E-state index in [0.29, 0.717) is 32.8 Å². The molecule has 1 aromatic heterocycles. The zero-order valence-corrected chi connectivity index (χ0v) is 13.9. The lowest BCUT2D eigenvalue weighted by atomic mass is 10.2. The van der Waals surface area contributed by atoms with E-state index in [1.165, 1.54) is 10.4 Å². The highest BCUT2D eigenvalue weighted by Crippen LogP contribution is 2.23. The predicted octanol–water partition coefficient (Wildman–Crippen LogP) is 1.83.